The lowest BCUT2D eigenvalue weighted by Crippen LogP contribution is -1.94. The summed E-state index contributed by atoms with van der Waals surface area (Å²) < 4.78 is 0. The molecule has 0 bridgehead atoms. The van der Waals surface area contributed by atoms with Crippen molar-refractivity contribution in [2.24, 2.45) is 0 Å². The van der Waals surface area contributed by atoms with Crippen LogP contribution in [0.25, 0.3) is 0 Å². The molecule has 0 amide bonds. The minimum Gasteiger partial charge on any atom is -0.0891 e. The highest BCUT2D eigenvalue weighted by molar-refractivity contribution is 9.09. The van der Waals surface area contributed by atoms with Crippen LogP contribution in [-0.2, 0) is 0 Å². The summed E-state index contributed by atoms with van der Waals surface area (Å²) in [4.78, 5) is 0.444. The summed E-state index contributed by atoms with van der Waals surface area (Å²) in [6.45, 7) is 0. The van der Waals surface area contributed by atoms with Crippen LogP contribution in [0.4, 0.5) is 0 Å². The van der Waals surface area contributed by atoms with Crippen LogP contribution in [0.3, 0.4) is 0 Å². The first kappa shape index (κ1) is 6.37. The van der Waals surface area contributed by atoms with E-state index in [2.05, 4.69) is 22.0 Å². The van der Waals surface area contributed by atoms with Gasteiger partial charge >= 0.3 is 0 Å². The molecular weight excluding hydrogens is 187 g/mol. The summed E-state index contributed by atoms with van der Waals surface area (Å²) in [5, 5.41) is 0.925. The zero-order chi connectivity index (χ0) is 5.98. The van der Waals surface area contributed by atoms with E-state index in [4.69, 9.17) is 11.6 Å². The van der Waals surface area contributed by atoms with Gasteiger partial charge in [0, 0.05) is 9.86 Å². The van der Waals surface area contributed by atoms with Crippen molar-refractivity contribution in [1.29, 1.82) is 0 Å². The van der Waals surface area contributed by atoms with Gasteiger partial charge in [-0.05, 0) is 12.5 Å². The number of hydrogen-bond acceptors (Lipinski definition) is 0. The lowest BCUT2D eigenvalue weighted by molar-refractivity contribution is 1.05. The Morgan fingerprint density at radius 3 is 2.88 bits per heavy atom. The molecule has 0 saturated heterocycles. The van der Waals surface area contributed by atoms with Gasteiger partial charge in [-0.2, -0.15) is 0 Å². The van der Waals surface area contributed by atoms with Crippen molar-refractivity contribution in [3.63, 3.8) is 0 Å². The second kappa shape index (κ2) is 2.70. The number of halogens is 2. The maximum atomic E-state index is 5.69. The Balaban J connectivity index is 2.59. The molecule has 1 aliphatic rings. The molecule has 44 valence electrons. The molecule has 1 aliphatic carbocycles. The van der Waals surface area contributed by atoms with Crippen LogP contribution in [0.2, 0.25) is 0 Å². The lowest BCUT2D eigenvalue weighted by atomic mass is 10.2. The summed E-state index contributed by atoms with van der Waals surface area (Å²) in [6, 6.07) is 0. The van der Waals surface area contributed by atoms with Gasteiger partial charge in [0.2, 0.25) is 0 Å². The molecule has 2 heteroatoms. The first-order valence-corrected chi connectivity index (χ1v) is 3.75. The molecular formula is C6H6BrCl. The third kappa shape index (κ3) is 1.64. The third-order valence-corrected chi connectivity index (χ3v) is 1.90. The Bertz CT molecular complexity index is 137. The van der Waals surface area contributed by atoms with Gasteiger partial charge in [-0.25, -0.2) is 0 Å². The molecule has 0 aromatic heterocycles. The van der Waals surface area contributed by atoms with Crippen molar-refractivity contribution < 1.29 is 0 Å². The van der Waals surface area contributed by atoms with Gasteiger partial charge in [-0.3, -0.25) is 0 Å². The fraction of sp³-hybridized carbons (Fsp3) is 0.333. The van der Waals surface area contributed by atoms with Crippen LogP contribution in [0.1, 0.15) is 6.42 Å². The summed E-state index contributed by atoms with van der Waals surface area (Å²) in [6.07, 6.45) is 6.88. The van der Waals surface area contributed by atoms with Crippen molar-refractivity contribution >= 4 is 27.5 Å². The fourth-order valence-corrected chi connectivity index (χ4v) is 1.55. The smallest absolute Gasteiger partial charge is 0.0377 e. The molecule has 0 spiro atoms. The van der Waals surface area contributed by atoms with Crippen LogP contribution in [0.5, 0.6) is 0 Å². The molecule has 0 aromatic rings. The Labute approximate surface area is 62.3 Å². The fourth-order valence-electron chi connectivity index (χ4n) is 0.603. The van der Waals surface area contributed by atoms with Gasteiger partial charge in [0.15, 0.2) is 0 Å². The van der Waals surface area contributed by atoms with E-state index in [1.165, 1.54) is 0 Å². The van der Waals surface area contributed by atoms with Crippen LogP contribution in [0.15, 0.2) is 23.3 Å². The van der Waals surface area contributed by atoms with Gasteiger partial charge in [-0.15, -0.1) is 0 Å². The quantitative estimate of drug-likeness (QED) is 0.519. The SMILES string of the molecule is ClC1=CC=CC(Br)C1. The molecule has 0 radical (unpaired) electrons. The monoisotopic (exact) mass is 192 g/mol. The standard InChI is InChI=1S/C6H6BrCl/c7-5-2-1-3-6(8)4-5/h1-3,5H,4H2. The van der Waals surface area contributed by atoms with Crippen molar-refractivity contribution in [3.05, 3.63) is 23.3 Å². The number of alkyl halides is 1. The van der Waals surface area contributed by atoms with Gasteiger partial charge < -0.3 is 0 Å². The van der Waals surface area contributed by atoms with Crippen molar-refractivity contribution in [1.82, 2.24) is 0 Å². The van der Waals surface area contributed by atoms with E-state index >= 15 is 0 Å². The number of allylic oxidation sites excluding steroid dienone is 4. The molecule has 0 heterocycles. The number of hydrogen-bond donors (Lipinski definition) is 0. The minimum absolute atomic E-state index is 0.444. The van der Waals surface area contributed by atoms with Gasteiger partial charge in [0.05, 0.1) is 0 Å². The van der Waals surface area contributed by atoms with E-state index in [-0.39, 0.29) is 0 Å². The van der Waals surface area contributed by atoms with E-state index in [0.717, 1.165) is 11.5 Å². The molecule has 0 fully saturated rings. The van der Waals surface area contributed by atoms with E-state index in [1.54, 1.807) is 0 Å². The topological polar surface area (TPSA) is 0 Å². The van der Waals surface area contributed by atoms with Gasteiger partial charge in [0.1, 0.15) is 0 Å². The summed E-state index contributed by atoms with van der Waals surface area (Å²) in [5.74, 6) is 0. The zero-order valence-corrected chi connectivity index (χ0v) is 6.61. The largest absolute Gasteiger partial charge is 0.0891 e. The molecule has 0 aromatic carbocycles. The zero-order valence-electron chi connectivity index (χ0n) is 4.27. The summed E-state index contributed by atoms with van der Waals surface area (Å²) >= 11 is 9.11. The second-order valence-corrected chi connectivity index (χ2v) is 3.38. The average molecular weight is 193 g/mol. The molecule has 0 saturated carbocycles. The van der Waals surface area contributed by atoms with Gasteiger partial charge in [0.25, 0.3) is 0 Å². The Hall–Kier alpha value is 0.250. The van der Waals surface area contributed by atoms with Crippen LogP contribution in [-0.4, -0.2) is 4.83 Å². The minimum atomic E-state index is 0.444. The average Bonchev–Trinajstić information content (AvgIpc) is 1.64. The summed E-state index contributed by atoms with van der Waals surface area (Å²) in [7, 11) is 0. The molecule has 0 aliphatic heterocycles. The normalized spacial score (nSPS) is 27.8. The maximum absolute atomic E-state index is 5.69. The Morgan fingerprint density at radius 2 is 2.50 bits per heavy atom. The second-order valence-electron chi connectivity index (χ2n) is 1.72. The van der Waals surface area contributed by atoms with E-state index in [9.17, 15) is 0 Å². The molecule has 1 unspecified atom stereocenters. The molecule has 1 rings (SSSR count). The molecule has 0 nitrogen and oxygen atoms in total. The van der Waals surface area contributed by atoms with E-state index in [0.29, 0.717) is 4.83 Å². The Kier molecular flexibility index (Phi) is 2.15. The number of rotatable bonds is 0. The Morgan fingerprint density at radius 1 is 1.75 bits per heavy atom. The van der Waals surface area contributed by atoms with Crippen molar-refractivity contribution in [3.8, 4) is 0 Å². The predicted octanol–water partition coefficient (Wildman–Crippen LogP) is 2.83. The molecule has 0 N–H and O–H groups in total. The van der Waals surface area contributed by atoms with E-state index < -0.39 is 0 Å². The highest BCUT2D eigenvalue weighted by Crippen LogP contribution is 2.20. The lowest BCUT2D eigenvalue weighted by Gasteiger charge is -2.05. The van der Waals surface area contributed by atoms with E-state index in [1.807, 2.05) is 12.2 Å². The van der Waals surface area contributed by atoms with Crippen molar-refractivity contribution in [2.75, 3.05) is 0 Å². The third-order valence-electron chi connectivity index (χ3n) is 0.987. The first-order valence-electron chi connectivity index (χ1n) is 2.46. The summed E-state index contributed by atoms with van der Waals surface area (Å²) in [5.41, 5.74) is 0. The highest BCUT2D eigenvalue weighted by Gasteiger charge is 2.03. The van der Waals surface area contributed by atoms with Crippen LogP contribution >= 0.6 is 27.5 Å². The van der Waals surface area contributed by atoms with Gasteiger partial charge in [-0.1, -0.05) is 39.7 Å². The maximum Gasteiger partial charge on any atom is 0.0377 e. The first-order chi connectivity index (χ1) is 3.79. The predicted molar refractivity (Wildman–Crippen MR) is 40.4 cm³/mol. The molecule has 8 heavy (non-hydrogen) atoms. The van der Waals surface area contributed by atoms with Crippen LogP contribution in [0, 0.1) is 0 Å². The highest BCUT2D eigenvalue weighted by atomic mass is 79.9. The molecule has 1 atom stereocenters. The van der Waals surface area contributed by atoms with Crippen molar-refractivity contribution in [2.45, 2.75) is 11.2 Å². The van der Waals surface area contributed by atoms with Crippen LogP contribution < -0.4 is 0 Å².